The molecule has 0 bridgehead atoms. The van der Waals surface area contributed by atoms with Crippen LogP contribution in [0.3, 0.4) is 0 Å². The molecule has 60 valence electrons. The Morgan fingerprint density at radius 1 is 1.70 bits per heavy atom. The number of hydroxylamine groups is 2. The van der Waals surface area contributed by atoms with Crippen LogP contribution in [-0.4, -0.2) is 19.8 Å². The molecule has 0 fully saturated rings. The first kappa shape index (κ1) is 9.35. The number of quaternary nitrogens is 1. The predicted octanol–water partition coefficient (Wildman–Crippen LogP) is -0.523. The Morgan fingerprint density at radius 2 is 2.30 bits per heavy atom. The van der Waals surface area contributed by atoms with E-state index in [9.17, 15) is 10.0 Å². The zero-order valence-electron chi connectivity index (χ0n) is 6.05. The number of amides is 1. The van der Waals surface area contributed by atoms with Gasteiger partial charge in [0, 0.05) is 0 Å². The number of carbonyl (C=O) groups is 1. The van der Waals surface area contributed by atoms with Gasteiger partial charge in [0.05, 0.1) is 7.11 Å². The maximum absolute atomic E-state index is 10.4. The van der Waals surface area contributed by atoms with Crippen LogP contribution in [0.15, 0.2) is 0 Å². The van der Waals surface area contributed by atoms with Gasteiger partial charge >= 0.3 is 6.09 Å². The Bertz CT molecular complexity index is 106. The molecule has 0 heterocycles. The van der Waals surface area contributed by atoms with Crippen molar-refractivity contribution in [1.29, 1.82) is 0 Å². The predicted molar refractivity (Wildman–Crippen MR) is 33.0 cm³/mol. The minimum atomic E-state index is -0.951. The van der Waals surface area contributed by atoms with E-state index in [1.807, 2.05) is 6.92 Å². The zero-order chi connectivity index (χ0) is 7.98. The first-order valence-corrected chi connectivity index (χ1v) is 2.97. The van der Waals surface area contributed by atoms with E-state index < -0.39 is 11.3 Å². The molecule has 1 unspecified atom stereocenters. The second kappa shape index (κ2) is 5.16. The van der Waals surface area contributed by atoms with E-state index in [0.29, 0.717) is 6.42 Å². The van der Waals surface area contributed by atoms with Gasteiger partial charge in [0.25, 0.3) is 0 Å². The highest BCUT2D eigenvalue weighted by atomic mass is 16.9. The van der Waals surface area contributed by atoms with Crippen LogP contribution in [0.4, 0.5) is 4.79 Å². The largest absolute Gasteiger partial charge is 0.590 e. The van der Waals surface area contributed by atoms with Crippen molar-refractivity contribution < 1.29 is 19.6 Å². The van der Waals surface area contributed by atoms with Crippen LogP contribution in [0.25, 0.3) is 0 Å². The summed E-state index contributed by atoms with van der Waals surface area (Å²) in [6, 6.07) is 0. The minimum Gasteiger partial charge on any atom is -0.590 e. The summed E-state index contributed by atoms with van der Waals surface area (Å²) in [6.45, 7) is 2.10. The monoisotopic (exact) mass is 149 g/mol. The minimum absolute atomic E-state index is 0.258. The Balaban J connectivity index is 3.41. The van der Waals surface area contributed by atoms with E-state index in [-0.39, 0.29) is 6.61 Å². The summed E-state index contributed by atoms with van der Waals surface area (Å²) in [5.74, 6) is 0. The number of hydrogen-bond acceptors (Lipinski definition) is 4. The molecule has 0 aliphatic carbocycles. The molecule has 0 aromatic heterocycles. The van der Waals surface area contributed by atoms with Crippen LogP contribution >= 0.6 is 0 Å². The number of carbonyl (C=O) groups excluding carboxylic acids is 1. The molecule has 0 aliphatic rings. The van der Waals surface area contributed by atoms with Crippen LogP contribution in [0, 0.1) is 5.21 Å². The standard InChI is InChI=1S/C5H11NO4/c1-3-4-10-6(8)5(7)9-2/h6H,3-4H2,1-2H3. The number of ether oxygens (including phenoxy) is 1. The molecule has 0 saturated carbocycles. The Hall–Kier alpha value is -0.650. The maximum Gasteiger partial charge on any atom is 0.548 e. The summed E-state index contributed by atoms with van der Waals surface area (Å²) in [5.41, 5.74) is 0. The van der Waals surface area contributed by atoms with Gasteiger partial charge in [-0.15, -0.1) is 5.23 Å². The molecule has 5 heteroatoms. The molecule has 0 rings (SSSR count). The first-order chi connectivity index (χ1) is 4.72. The highest BCUT2D eigenvalue weighted by molar-refractivity contribution is 5.55. The Labute approximate surface area is 59.0 Å². The third kappa shape index (κ3) is 3.39. The van der Waals surface area contributed by atoms with E-state index in [4.69, 9.17) is 0 Å². The molecule has 10 heavy (non-hydrogen) atoms. The van der Waals surface area contributed by atoms with Gasteiger partial charge in [-0.25, -0.2) is 0 Å². The smallest absolute Gasteiger partial charge is 0.548 e. The highest BCUT2D eigenvalue weighted by Crippen LogP contribution is 1.71. The van der Waals surface area contributed by atoms with Crippen LogP contribution < -0.4 is 5.23 Å². The van der Waals surface area contributed by atoms with E-state index >= 15 is 0 Å². The fraction of sp³-hybridized carbons (Fsp3) is 0.800. The lowest BCUT2D eigenvalue weighted by Crippen LogP contribution is -3.09. The second-order valence-electron chi connectivity index (χ2n) is 1.63. The van der Waals surface area contributed by atoms with Gasteiger partial charge in [0.1, 0.15) is 6.61 Å². The number of rotatable bonds is 3. The number of methoxy groups -OCH3 is 1. The summed E-state index contributed by atoms with van der Waals surface area (Å²) in [6.07, 6.45) is -0.253. The van der Waals surface area contributed by atoms with Gasteiger partial charge in [0.15, 0.2) is 0 Å². The van der Waals surface area contributed by atoms with Crippen molar-refractivity contribution in [2.24, 2.45) is 0 Å². The van der Waals surface area contributed by atoms with Gasteiger partial charge in [-0.1, -0.05) is 6.92 Å². The van der Waals surface area contributed by atoms with Crippen LogP contribution in [0.5, 0.6) is 0 Å². The fourth-order valence-electron chi connectivity index (χ4n) is 0.337. The summed E-state index contributed by atoms with van der Waals surface area (Å²) in [4.78, 5) is 14.8. The van der Waals surface area contributed by atoms with Crippen molar-refractivity contribution in [3.8, 4) is 0 Å². The van der Waals surface area contributed by atoms with Crippen LogP contribution in [-0.2, 0) is 9.57 Å². The van der Waals surface area contributed by atoms with Crippen molar-refractivity contribution >= 4 is 6.09 Å². The van der Waals surface area contributed by atoms with Crippen LogP contribution in [0.2, 0.25) is 0 Å². The molecule has 1 atom stereocenters. The van der Waals surface area contributed by atoms with Gasteiger partial charge in [-0.05, 0) is 6.42 Å². The summed E-state index contributed by atoms with van der Waals surface area (Å²) in [5, 5.41) is 9.51. The van der Waals surface area contributed by atoms with Crippen molar-refractivity contribution in [3.05, 3.63) is 5.21 Å². The number of hydrogen-bond donors (Lipinski definition) is 1. The SMILES string of the molecule is CCCO[NH+]([O-])C(=O)OC. The van der Waals surface area contributed by atoms with Gasteiger partial charge in [-0.2, -0.15) is 9.63 Å². The van der Waals surface area contributed by atoms with Gasteiger partial charge in [-0.3, -0.25) is 0 Å². The lowest BCUT2D eigenvalue weighted by atomic mass is 10.5. The van der Waals surface area contributed by atoms with E-state index in [1.54, 1.807) is 0 Å². The summed E-state index contributed by atoms with van der Waals surface area (Å²) < 4.78 is 4.10. The number of nitrogens with one attached hydrogen (secondary N) is 1. The third-order valence-electron chi connectivity index (χ3n) is 0.789. The molecule has 0 aliphatic heterocycles. The van der Waals surface area contributed by atoms with Crippen molar-refractivity contribution in [3.63, 3.8) is 0 Å². The quantitative estimate of drug-likeness (QED) is 0.548. The zero-order valence-corrected chi connectivity index (χ0v) is 6.05. The molecular formula is C5H11NO4. The van der Waals surface area contributed by atoms with Gasteiger partial charge < -0.3 is 9.94 Å². The Morgan fingerprint density at radius 3 is 2.70 bits per heavy atom. The lowest BCUT2D eigenvalue weighted by Gasteiger charge is -2.13. The maximum atomic E-state index is 10.4. The summed E-state index contributed by atoms with van der Waals surface area (Å²) in [7, 11) is 1.13. The molecule has 1 amide bonds. The normalized spacial score (nSPS) is 12.7. The summed E-state index contributed by atoms with van der Waals surface area (Å²) >= 11 is 0. The van der Waals surface area contributed by atoms with E-state index in [0.717, 1.165) is 7.11 Å². The highest BCUT2D eigenvalue weighted by Gasteiger charge is 2.10. The first-order valence-electron chi connectivity index (χ1n) is 2.97. The van der Waals surface area contributed by atoms with Crippen LogP contribution in [0.1, 0.15) is 13.3 Å². The molecule has 0 aromatic carbocycles. The molecule has 5 nitrogen and oxygen atoms in total. The average Bonchev–Trinajstić information content (AvgIpc) is 1.98. The molecule has 0 spiro atoms. The molecular weight excluding hydrogens is 138 g/mol. The third-order valence-corrected chi connectivity index (χ3v) is 0.789. The van der Waals surface area contributed by atoms with Crippen molar-refractivity contribution in [1.82, 2.24) is 0 Å². The van der Waals surface area contributed by atoms with Gasteiger partial charge in [0.2, 0.25) is 0 Å². The molecule has 0 radical (unpaired) electrons. The fourth-order valence-corrected chi connectivity index (χ4v) is 0.337. The second-order valence-corrected chi connectivity index (χ2v) is 1.63. The van der Waals surface area contributed by atoms with Crippen molar-refractivity contribution in [2.45, 2.75) is 13.3 Å². The molecule has 1 N–H and O–H groups in total. The lowest BCUT2D eigenvalue weighted by molar-refractivity contribution is -0.987. The molecule has 0 aromatic rings. The average molecular weight is 149 g/mol. The van der Waals surface area contributed by atoms with E-state index in [2.05, 4.69) is 9.57 Å². The Kier molecular flexibility index (Phi) is 4.82. The molecule has 0 saturated heterocycles. The van der Waals surface area contributed by atoms with E-state index in [1.165, 1.54) is 0 Å². The van der Waals surface area contributed by atoms with Crippen molar-refractivity contribution in [2.75, 3.05) is 13.7 Å². The topological polar surface area (TPSA) is 63.0 Å².